The van der Waals surface area contributed by atoms with Gasteiger partial charge in [-0.15, -0.1) is 0 Å². The van der Waals surface area contributed by atoms with E-state index in [1.165, 1.54) is 4.57 Å². The lowest BCUT2D eigenvalue weighted by molar-refractivity contribution is -0.121. The van der Waals surface area contributed by atoms with E-state index in [4.69, 9.17) is 14.2 Å². The molecule has 0 fully saturated rings. The second kappa shape index (κ2) is 11.8. The molecular formula is C22H30N2O5. The zero-order valence-corrected chi connectivity index (χ0v) is 17.4. The molecule has 0 saturated carbocycles. The molecule has 7 nitrogen and oxygen atoms in total. The summed E-state index contributed by atoms with van der Waals surface area (Å²) in [6.45, 7) is 7.82. The van der Waals surface area contributed by atoms with Crippen LogP contribution in [0.1, 0.15) is 32.8 Å². The summed E-state index contributed by atoms with van der Waals surface area (Å²) < 4.78 is 18.0. The number of benzene rings is 1. The monoisotopic (exact) mass is 402 g/mol. The quantitative estimate of drug-likeness (QED) is 0.591. The number of nitrogens with one attached hydrogen (secondary N) is 1. The van der Waals surface area contributed by atoms with Crippen molar-refractivity contribution in [2.45, 2.75) is 40.2 Å². The standard InChI is InChI=1S/C22H30N2O5/c1-4-14-29-19-8-7-13-24(22(19)26)16-21(25)23-12-11-17-9-10-18(27-5-2)20(15-17)28-6-3/h7-10,13,15H,4-6,11-12,14,16H2,1-3H3,(H,23,25). The van der Waals surface area contributed by atoms with Gasteiger partial charge in [0.25, 0.3) is 5.56 Å². The molecule has 0 unspecified atom stereocenters. The normalized spacial score (nSPS) is 10.4. The molecule has 0 bridgehead atoms. The van der Waals surface area contributed by atoms with Gasteiger partial charge in [-0.2, -0.15) is 0 Å². The van der Waals surface area contributed by atoms with Crippen LogP contribution in [0.25, 0.3) is 0 Å². The van der Waals surface area contributed by atoms with Gasteiger partial charge in [0.05, 0.1) is 19.8 Å². The maximum atomic E-state index is 12.3. The highest BCUT2D eigenvalue weighted by Crippen LogP contribution is 2.28. The van der Waals surface area contributed by atoms with Crippen LogP contribution in [0.5, 0.6) is 17.2 Å². The van der Waals surface area contributed by atoms with Crippen molar-refractivity contribution in [1.29, 1.82) is 0 Å². The Morgan fingerprint density at radius 2 is 1.76 bits per heavy atom. The van der Waals surface area contributed by atoms with E-state index in [-0.39, 0.29) is 23.8 Å². The number of carbonyl (C=O) groups is 1. The van der Waals surface area contributed by atoms with Crippen molar-refractivity contribution in [2.24, 2.45) is 0 Å². The smallest absolute Gasteiger partial charge is 0.293 e. The number of hydrogen-bond donors (Lipinski definition) is 1. The number of rotatable bonds is 12. The lowest BCUT2D eigenvalue weighted by atomic mass is 10.1. The third-order valence-electron chi connectivity index (χ3n) is 4.10. The summed E-state index contributed by atoms with van der Waals surface area (Å²) in [4.78, 5) is 24.6. The van der Waals surface area contributed by atoms with Crippen LogP contribution in [0.2, 0.25) is 0 Å². The minimum absolute atomic E-state index is 0.0460. The number of amides is 1. The number of ether oxygens (including phenoxy) is 3. The zero-order chi connectivity index (χ0) is 21.1. The van der Waals surface area contributed by atoms with Gasteiger partial charge in [0.15, 0.2) is 17.2 Å². The van der Waals surface area contributed by atoms with Crippen molar-refractivity contribution >= 4 is 5.91 Å². The number of aromatic nitrogens is 1. The summed E-state index contributed by atoms with van der Waals surface area (Å²) in [6, 6.07) is 9.09. The third kappa shape index (κ3) is 6.85. The fraction of sp³-hybridized carbons (Fsp3) is 0.455. The van der Waals surface area contributed by atoms with Gasteiger partial charge < -0.3 is 24.1 Å². The van der Waals surface area contributed by atoms with Crippen LogP contribution < -0.4 is 25.1 Å². The summed E-state index contributed by atoms with van der Waals surface area (Å²) in [5.74, 6) is 1.45. The number of nitrogens with zero attached hydrogens (tertiary/aromatic N) is 1. The Morgan fingerprint density at radius 3 is 2.48 bits per heavy atom. The van der Waals surface area contributed by atoms with E-state index in [1.807, 2.05) is 39.0 Å². The summed E-state index contributed by atoms with van der Waals surface area (Å²) in [5, 5.41) is 2.85. The SMILES string of the molecule is CCCOc1cccn(CC(=O)NCCc2ccc(OCC)c(OCC)c2)c1=O. The third-order valence-corrected chi connectivity index (χ3v) is 4.10. The van der Waals surface area contributed by atoms with Gasteiger partial charge in [-0.05, 0) is 56.5 Å². The topological polar surface area (TPSA) is 78.8 Å². The Labute approximate surface area is 171 Å². The van der Waals surface area contributed by atoms with Gasteiger partial charge in [0.1, 0.15) is 6.54 Å². The lowest BCUT2D eigenvalue weighted by Gasteiger charge is -2.13. The summed E-state index contributed by atoms with van der Waals surface area (Å²) in [6.07, 6.45) is 3.04. The summed E-state index contributed by atoms with van der Waals surface area (Å²) in [5.41, 5.74) is 0.730. The first-order valence-electron chi connectivity index (χ1n) is 10.1. The molecule has 0 saturated heterocycles. The Morgan fingerprint density at radius 1 is 1.00 bits per heavy atom. The van der Waals surface area contributed by atoms with Crippen LogP contribution in [0.4, 0.5) is 0 Å². The van der Waals surface area contributed by atoms with Crippen molar-refractivity contribution in [2.75, 3.05) is 26.4 Å². The van der Waals surface area contributed by atoms with Crippen molar-refractivity contribution in [3.05, 3.63) is 52.4 Å². The molecule has 0 atom stereocenters. The molecule has 29 heavy (non-hydrogen) atoms. The zero-order valence-electron chi connectivity index (χ0n) is 17.4. The molecule has 0 aliphatic carbocycles. The Hall–Kier alpha value is -2.96. The predicted molar refractivity (Wildman–Crippen MR) is 112 cm³/mol. The lowest BCUT2D eigenvalue weighted by Crippen LogP contribution is -2.33. The Balaban J connectivity index is 1.90. The minimum Gasteiger partial charge on any atom is -0.490 e. The molecule has 2 aromatic rings. The van der Waals surface area contributed by atoms with Gasteiger partial charge >= 0.3 is 0 Å². The van der Waals surface area contributed by atoms with Crippen LogP contribution >= 0.6 is 0 Å². The van der Waals surface area contributed by atoms with Crippen molar-refractivity contribution < 1.29 is 19.0 Å². The maximum Gasteiger partial charge on any atom is 0.293 e. The fourth-order valence-corrected chi connectivity index (χ4v) is 2.77. The van der Waals surface area contributed by atoms with Crippen LogP contribution in [0.3, 0.4) is 0 Å². The highest BCUT2D eigenvalue weighted by molar-refractivity contribution is 5.75. The average Bonchev–Trinajstić information content (AvgIpc) is 2.71. The molecule has 7 heteroatoms. The molecule has 0 aliphatic heterocycles. The molecule has 0 spiro atoms. The number of pyridine rings is 1. The minimum atomic E-state index is -0.302. The summed E-state index contributed by atoms with van der Waals surface area (Å²) >= 11 is 0. The van der Waals surface area contributed by atoms with Crippen LogP contribution in [0.15, 0.2) is 41.3 Å². The fourth-order valence-electron chi connectivity index (χ4n) is 2.77. The first-order chi connectivity index (χ1) is 14.1. The molecule has 2 rings (SSSR count). The first-order valence-corrected chi connectivity index (χ1v) is 10.1. The number of carbonyl (C=O) groups excluding carboxylic acids is 1. The van der Waals surface area contributed by atoms with E-state index in [0.29, 0.717) is 44.3 Å². The predicted octanol–water partition coefficient (Wildman–Crippen LogP) is 2.79. The molecular weight excluding hydrogens is 372 g/mol. The Bertz CT molecular complexity index is 847. The van der Waals surface area contributed by atoms with Gasteiger partial charge in [0, 0.05) is 12.7 Å². The second-order valence-electron chi connectivity index (χ2n) is 6.40. The first kappa shape index (κ1) is 22.3. The molecule has 158 valence electrons. The van der Waals surface area contributed by atoms with Gasteiger partial charge in [-0.25, -0.2) is 0 Å². The maximum absolute atomic E-state index is 12.3. The van der Waals surface area contributed by atoms with Crippen molar-refractivity contribution in [3.8, 4) is 17.2 Å². The second-order valence-corrected chi connectivity index (χ2v) is 6.40. The average molecular weight is 402 g/mol. The van der Waals surface area contributed by atoms with E-state index >= 15 is 0 Å². The Kier molecular flexibility index (Phi) is 9.08. The molecule has 1 aromatic heterocycles. The molecule has 0 aliphatic rings. The van der Waals surface area contributed by atoms with E-state index < -0.39 is 0 Å². The highest BCUT2D eigenvalue weighted by atomic mass is 16.5. The summed E-state index contributed by atoms with van der Waals surface area (Å²) in [7, 11) is 0. The number of hydrogen-bond acceptors (Lipinski definition) is 5. The van der Waals surface area contributed by atoms with E-state index in [9.17, 15) is 9.59 Å². The molecule has 1 heterocycles. The van der Waals surface area contributed by atoms with E-state index in [2.05, 4.69) is 5.32 Å². The van der Waals surface area contributed by atoms with E-state index in [1.54, 1.807) is 18.3 Å². The van der Waals surface area contributed by atoms with Crippen molar-refractivity contribution in [3.63, 3.8) is 0 Å². The molecule has 1 amide bonds. The van der Waals surface area contributed by atoms with Crippen molar-refractivity contribution in [1.82, 2.24) is 9.88 Å². The van der Waals surface area contributed by atoms with Gasteiger partial charge in [0.2, 0.25) is 5.91 Å². The van der Waals surface area contributed by atoms with E-state index in [0.717, 1.165) is 12.0 Å². The largest absolute Gasteiger partial charge is 0.490 e. The highest BCUT2D eigenvalue weighted by Gasteiger charge is 2.09. The molecule has 0 radical (unpaired) electrons. The van der Waals surface area contributed by atoms with Gasteiger partial charge in [-0.1, -0.05) is 13.0 Å². The van der Waals surface area contributed by atoms with Gasteiger partial charge in [-0.3, -0.25) is 9.59 Å². The van der Waals surface area contributed by atoms with Crippen LogP contribution in [-0.4, -0.2) is 36.8 Å². The molecule has 1 N–H and O–H groups in total. The van der Waals surface area contributed by atoms with Crippen LogP contribution in [-0.2, 0) is 17.8 Å². The molecule has 1 aromatic carbocycles. The van der Waals surface area contributed by atoms with Crippen LogP contribution in [0, 0.1) is 0 Å².